The van der Waals surface area contributed by atoms with Crippen molar-refractivity contribution in [2.75, 3.05) is 6.54 Å². The first-order chi connectivity index (χ1) is 10.3. The molecule has 3 heterocycles. The summed E-state index contributed by atoms with van der Waals surface area (Å²) >= 11 is 0. The molecule has 1 fully saturated rings. The molecule has 4 rings (SSSR count). The fraction of sp³-hybridized carbons (Fsp3) is 0.471. The van der Waals surface area contributed by atoms with Gasteiger partial charge >= 0.3 is 0 Å². The Morgan fingerprint density at radius 3 is 3.00 bits per heavy atom. The molecule has 1 saturated carbocycles. The fourth-order valence-electron chi connectivity index (χ4n) is 3.58. The number of pyridine rings is 2. The number of carbonyl (C=O) groups excluding carboxylic acids is 1. The van der Waals surface area contributed by atoms with Gasteiger partial charge in [-0.1, -0.05) is 12.8 Å². The first-order valence-corrected chi connectivity index (χ1v) is 7.83. The van der Waals surface area contributed by atoms with Gasteiger partial charge in [-0.3, -0.25) is 4.79 Å². The predicted molar refractivity (Wildman–Crippen MR) is 80.6 cm³/mol. The van der Waals surface area contributed by atoms with E-state index < -0.39 is 0 Å². The summed E-state index contributed by atoms with van der Waals surface area (Å²) < 4.78 is 0. The molecule has 2 aliphatic rings. The summed E-state index contributed by atoms with van der Waals surface area (Å²) in [6.45, 7) is 1.51. The Bertz CT molecular complexity index is 691. The lowest BCUT2D eigenvalue weighted by Crippen LogP contribution is -2.39. The Morgan fingerprint density at radius 1 is 1.29 bits per heavy atom. The minimum atomic E-state index is 0.265. The van der Waals surface area contributed by atoms with Crippen molar-refractivity contribution in [2.24, 2.45) is 5.92 Å². The summed E-state index contributed by atoms with van der Waals surface area (Å²) in [5.74, 6) is 0.617. The molecule has 0 spiro atoms. The Morgan fingerprint density at radius 2 is 2.14 bits per heavy atom. The van der Waals surface area contributed by atoms with Crippen molar-refractivity contribution in [1.29, 1.82) is 0 Å². The van der Waals surface area contributed by atoms with E-state index >= 15 is 0 Å². The molecule has 2 aromatic rings. The van der Waals surface area contributed by atoms with Crippen molar-refractivity contribution in [1.82, 2.24) is 14.9 Å². The van der Waals surface area contributed by atoms with Crippen molar-refractivity contribution >= 4 is 16.9 Å². The zero-order valence-corrected chi connectivity index (χ0v) is 12.1. The average Bonchev–Trinajstić information content (AvgIpc) is 3.06. The highest BCUT2D eigenvalue weighted by Gasteiger charge is 2.29. The molecule has 4 heteroatoms. The van der Waals surface area contributed by atoms with Crippen LogP contribution in [-0.4, -0.2) is 27.3 Å². The molecule has 0 unspecified atom stereocenters. The van der Waals surface area contributed by atoms with E-state index in [9.17, 15) is 4.79 Å². The first kappa shape index (κ1) is 12.7. The summed E-state index contributed by atoms with van der Waals surface area (Å²) in [6.07, 6.45) is 7.18. The largest absolute Gasteiger partial charge is 0.338 e. The van der Waals surface area contributed by atoms with Crippen LogP contribution < -0.4 is 0 Å². The molecule has 1 aliphatic heterocycles. The van der Waals surface area contributed by atoms with Gasteiger partial charge < -0.3 is 4.90 Å². The summed E-state index contributed by atoms with van der Waals surface area (Å²) in [6, 6.07) is 6.12. The lowest BCUT2D eigenvalue weighted by Gasteiger charge is -2.30. The highest BCUT2D eigenvalue weighted by Crippen LogP contribution is 2.29. The minimum Gasteiger partial charge on any atom is -0.338 e. The first-order valence-electron chi connectivity index (χ1n) is 7.83. The second-order valence-electron chi connectivity index (χ2n) is 6.14. The number of aromatic nitrogens is 2. The van der Waals surface area contributed by atoms with Crippen molar-refractivity contribution < 1.29 is 4.79 Å². The third kappa shape index (κ3) is 2.28. The van der Waals surface area contributed by atoms with Gasteiger partial charge in [0.2, 0.25) is 5.91 Å². The molecule has 0 radical (unpaired) electrons. The van der Waals surface area contributed by atoms with Crippen molar-refractivity contribution in [3.63, 3.8) is 0 Å². The quantitative estimate of drug-likeness (QED) is 0.807. The second kappa shape index (κ2) is 5.10. The van der Waals surface area contributed by atoms with Gasteiger partial charge in [0.05, 0.1) is 0 Å². The van der Waals surface area contributed by atoms with Crippen LogP contribution in [0, 0.1) is 5.92 Å². The van der Waals surface area contributed by atoms with Crippen molar-refractivity contribution in [2.45, 2.75) is 38.6 Å². The number of hydrogen-bond donors (Lipinski definition) is 0. The van der Waals surface area contributed by atoms with Gasteiger partial charge in [-0.15, -0.1) is 0 Å². The van der Waals surface area contributed by atoms with E-state index in [-0.39, 0.29) is 5.92 Å². The number of fused-ring (bicyclic) bond motifs is 2. The van der Waals surface area contributed by atoms with Gasteiger partial charge in [-0.05, 0) is 36.6 Å². The molecule has 0 aromatic carbocycles. The third-order valence-electron chi connectivity index (χ3n) is 4.75. The molecule has 1 amide bonds. The van der Waals surface area contributed by atoms with Crippen molar-refractivity contribution in [3.8, 4) is 0 Å². The smallest absolute Gasteiger partial charge is 0.225 e. The summed E-state index contributed by atoms with van der Waals surface area (Å²) in [4.78, 5) is 23.6. The van der Waals surface area contributed by atoms with Gasteiger partial charge in [0.1, 0.15) is 0 Å². The molecule has 0 saturated heterocycles. The fourth-order valence-corrected chi connectivity index (χ4v) is 3.58. The summed E-state index contributed by atoms with van der Waals surface area (Å²) in [5.41, 5.74) is 3.11. The Kier molecular flexibility index (Phi) is 3.09. The standard InChI is InChI=1S/C17H19N3O/c21-17(12-4-1-2-5-12)20-9-7-15-14(11-20)10-13-6-3-8-18-16(13)19-15/h3,6,8,10,12H,1-2,4-5,7,9,11H2. The van der Waals surface area contributed by atoms with Crippen LogP contribution in [0.1, 0.15) is 36.9 Å². The number of rotatable bonds is 1. The topological polar surface area (TPSA) is 46.1 Å². The lowest BCUT2D eigenvalue weighted by molar-refractivity contribution is -0.136. The van der Waals surface area contributed by atoms with Crippen LogP contribution in [0.5, 0.6) is 0 Å². The van der Waals surface area contributed by atoms with Crippen LogP contribution in [0.3, 0.4) is 0 Å². The number of carbonyl (C=O) groups is 1. The summed E-state index contributed by atoms with van der Waals surface area (Å²) in [7, 11) is 0. The average molecular weight is 281 g/mol. The predicted octanol–water partition coefficient (Wildman–Crippen LogP) is 2.70. The number of nitrogens with zero attached hydrogens (tertiary/aromatic N) is 3. The number of hydrogen-bond acceptors (Lipinski definition) is 3. The molecule has 21 heavy (non-hydrogen) atoms. The molecule has 0 N–H and O–H groups in total. The van der Waals surface area contributed by atoms with Crippen LogP contribution in [0.4, 0.5) is 0 Å². The van der Waals surface area contributed by atoms with E-state index in [2.05, 4.69) is 16.0 Å². The lowest BCUT2D eigenvalue weighted by atomic mass is 10.0. The Labute approximate surface area is 124 Å². The molecular formula is C17H19N3O. The molecule has 0 bridgehead atoms. The van der Waals surface area contributed by atoms with Crippen molar-refractivity contribution in [3.05, 3.63) is 35.7 Å². The van der Waals surface area contributed by atoms with Crippen LogP contribution in [-0.2, 0) is 17.8 Å². The highest BCUT2D eigenvalue weighted by atomic mass is 16.2. The van der Waals surface area contributed by atoms with Crippen LogP contribution in [0.25, 0.3) is 11.0 Å². The zero-order valence-electron chi connectivity index (χ0n) is 12.1. The Hall–Kier alpha value is -1.97. The van der Waals surface area contributed by atoms with Crippen LogP contribution in [0.2, 0.25) is 0 Å². The maximum Gasteiger partial charge on any atom is 0.225 e. The van der Waals surface area contributed by atoms with E-state index in [1.54, 1.807) is 6.20 Å². The van der Waals surface area contributed by atoms with E-state index in [4.69, 9.17) is 0 Å². The Balaban J connectivity index is 1.61. The normalized spacial score (nSPS) is 19.0. The molecule has 0 atom stereocenters. The molecule has 108 valence electrons. The second-order valence-corrected chi connectivity index (χ2v) is 6.14. The zero-order chi connectivity index (χ0) is 14.2. The number of amides is 1. The van der Waals surface area contributed by atoms with Gasteiger partial charge in [0, 0.05) is 42.7 Å². The summed E-state index contributed by atoms with van der Waals surface area (Å²) in [5, 5.41) is 1.06. The van der Waals surface area contributed by atoms with Gasteiger partial charge in [0.25, 0.3) is 0 Å². The van der Waals surface area contributed by atoms with Crippen LogP contribution >= 0.6 is 0 Å². The van der Waals surface area contributed by atoms with Gasteiger partial charge in [-0.2, -0.15) is 0 Å². The minimum absolute atomic E-state index is 0.265. The third-order valence-corrected chi connectivity index (χ3v) is 4.75. The molecule has 1 aliphatic carbocycles. The van der Waals surface area contributed by atoms with E-state index in [1.807, 2.05) is 17.0 Å². The maximum absolute atomic E-state index is 12.6. The van der Waals surface area contributed by atoms with E-state index in [1.165, 1.54) is 18.4 Å². The van der Waals surface area contributed by atoms with Crippen LogP contribution in [0.15, 0.2) is 24.4 Å². The van der Waals surface area contributed by atoms with Gasteiger partial charge in [-0.25, -0.2) is 9.97 Å². The van der Waals surface area contributed by atoms with Gasteiger partial charge in [0.15, 0.2) is 5.65 Å². The molecule has 4 nitrogen and oxygen atoms in total. The van der Waals surface area contributed by atoms with E-state index in [0.717, 1.165) is 42.5 Å². The SMILES string of the molecule is O=C(C1CCCC1)N1CCc2nc3ncccc3cc2C1. The maximum atomic E-state index is 12.6. The highest BCUT2D eigenvalue weighted by molar-refractivity contribution is 5.80. The monoisotopic (exact) mass is 281 g/mol. The van der Waals surface area contributed by atoms with E-state index in [0.29, 0.717) is 12.5 Å². The molecule has 2 aromatic heterocycles. The molecular weight excluding hydrogens is 262 g/mol.